The lowest BCUT2D eigenvalue weighted by atomic mass is 10.1. The molecular weight excluding hydrogens is 312 g/mol. The minimum absolute atomic E-state index is 0.0579. The molecule has 0 bridgehead atoms. The maximum atomic E-state index is 11.9. The molecular formula is C17H16N2O5. The fourth-order valence-corrected chi connectivity index (χ4v) is 2.10. The molecule has 124 valence electrons. The van der Waals surface area contributed by atoms with E-state index in [9.17, 15) is 19.7 Å². The van der Waals surface area contributed by atoms with Crippen molar-refractivity contribution in [1.29, 1.82) is 0 Å². The number of amides is 1. The summed E-state index contributed by atoms with van der Waals surface area (Å²) in [7, 11) is 0. The third-order valence-corrected chi connectivity index (χ3v) is 3.32. The number of anilines is 1. The van der Waals surface area contributed by atoms with E-state index in [1.807, 2.05) is 0 Å². The van der Waals surface area contributed by atoms with Gasteiger partial charge in [-0.25, -0.2) is 4.79 Å². The lowest BCUT2D eigenvalue weighted by Gasteiger charge is -2.08. The van der Waals surface area contributed by atoms with Gasteiger partial charge < -0.3 is 10.1 Å². The van der Waals surface area contributed by atoms with Crippen molar-refractivity contribution >= 4 is 23.3 Å². The van der Waals surface area contributed by atoms with Crippen LogP contribution in [0, 0.1) is 24.0 Å². The van der Waals surface area contributed by atoms with Crippen LogP contribution in [-0.2, 0) is 9.53 Å². The smallest absolute Gasteiger partial charge is 0.338 e. The molecule has 0 aliphatic rings. The van der Waals surface area contributed by atoms with Crippen molar-refractivity contribution < 1.29 is 19.2 Å². The van der Waals surface area contributed by atoms with E-state index in [4.69, 9.17) is 4.74 Å². The molecule has 1 N–H and O–H groups in total. The predicted molar refractivity (Wildman–Crippen MR) is 87.9 cm³/mol. The first-order valence-electron chi connectivity index (χ1n) is 7.16. The molecule has 0 aliphatic carbocycles. The highest BCUT2D eigenvalue weighted by atomic mass is 16.6. The Kier molecular flexibility index (Phi) is 5.26. The monoisotopic (exact) mass is 328 g/mol. The van der Waals surface area contributed by atoms with Gasteiger partial charge in [-0.15, -0.1) is 0 Å². The molecule has 0 aliphatic heterocycles. The Morgan fingerprint density at radius 1 is 1.17 bits per heavy atom. The van der Waals surface area contributed by atoms with Gasteiger partial charge in [0.05, 0.1) is 10.5 Å². The number of hydrogen-bond donors (Lipinski definition) is 1. The van der Waals surface area contributed by atoms with Crippen LogP contribution in [0.2, 0.25) is 0 Å². The second kappa shape index (κ2) is 7.36. The Labute approximate surface area is 138 Å². The van der Waals surface area contributed by atoms with Gasteiger partial charge in [-0.3, -0.25) is 14.9 Å². The number of carbonyl (C=O) groups is 2. The Morgan fingerprint density at radius 2 is 1.88 bits per heavy atom. The van der Waals surface area contributed by atoms with Crippen LogP contribution in [0.5, 0.6) is 0 Å². The molecule has 0 aromatic heterocycles. The first-order chi connectivity index (χ1) is 11.4. The van der Waals surface area contributed by atoms with Gasteiger partial charge in [0, 0.05) is 6.07 Å². The molecule has 24 heavy (non-hydrogen) atoms. The van der Waals surface area contributed by atoms with Crippen molar-refractivity contribution in [3.8, 4) is 0 Å². The van der Waals surface area contributed by atoms with Gasteiger partial charge in [0.1, 0.15) is 5.69 Å². The quantitative estimate of drug-likeness (QED) is 0.517. The van der Waals surface area contributed by atoms with Crippen molar-refractivity contribution in [3.05, 3.63) is 69.3 Å². The highest BCUT2D eigenvalue weighted by molar-refractivity contribution is 5.97. The zero-order valence-electron chi connectivity index (χ0n) is 13.2. The largest absolute Gasteiger partial charge is 0.452 e. The SMILES string of the molecule is Cc1ccc(NC(=O)COC(=O)c2ccccc2C)c([N+](=O)[O-])c1. The van der Waals surface area contributed by atoms with E-state index in [0.29, 0.717) is 11.1 Å². The number of nitro groups is 1. The van der Waals surface area contributed by atoms with Gasteiger partial charge in [0.15, 0.2) is 6.61 Å². The lowest BCUT2D eigenvalue weighted by molar-refractivity contribution is -0.384. The minimum Gasteiger partial charge on any atom is -0.452 e. The maximum Gasteiger partial charge on any atom is 0.338 e. The first-order valence-corrected chi connectivity index (χ1v) is 7.16. The van der Waals surface area contributed by atoms with Crippen LogP contribution in [0.15, 0.2) is 42.5 Å². The third kappa shape index (κ3) is 4.16. The van der Waals surface area contributed by atoms with E-state index in [0.717, 1.165) is 5.56 Å². The van der Waals surface area contributed by atoms with Gasteiger partial charge in [-0.1, -0.05) is 24.3 Å². The number of aryl methyl sites for hydroxylation is 2. The van der Waals surface area contributed by atoms with Crippen molar-refractivity contribution in [1.82, 2.24) is 0 Å². The first kappa shape index (κ1) is 17.1. The predicted octanol–water partition coefficient (Wildman–Crippen LogP) is 3.01. The molecule has 0 radical (unpaired) electrons. The fraction of sp³-hybridized carbons (Fsp3) is 0.176. The van der Waals surface area contributed by atoms with Crippen LogP contribution in [-0.4, -0.2) is 23.4 Å². The van der Waals surface area contributed by atoms with E-state index in [2.05, 4.69) is 5.32 Å². The molecule has 0 saturated carbocycles. The molecule has 2 aromatic carbocycles. The van der Waals surface area contributed by atoms with Crippen LogP contribution in [0.25, 0.3) is 0 Å². The molecule has 0 spiro atoms. The van der Waals surface area contributed by atoms with Crippen LogP contribution >= 0.6 is 0 Å². The molecule has 0 atom stereocenters. The molecule has 7 heteroatoms. The molecule has 0 heterocycles. The Morgan fingerprint density at radius 3 is 2.54 bits per heavy atom. The number of esters is 1. The van der Waals surface area contributed by atoms with E-state index in [1.165, 1.54) is 12.1 Å². The molecule has 0 fully saturated rings. The molecule has 2 aromatic rings. The van der Waals surface area contributed by atoms with Gasteiger partial charge in [-0.2, -0.15) is 0 Å². The second-order valence-corrected chi connectivity index (χ2v) is 5.22. The number of rotatable bonds is 5. The third-order valence-electron chi connectivity index (χ3n) is 3.32. The zero-order chi connectivity index (χ0) is 17.7. The average Bonchev–Trinajstić information content (AvgIpc) is 2.54. The van der Waals surface area contributed by atoms with Crippen LogP contribution < -0.4 is 5.32 Å². The minimum atomic E-state index is -0.649. The van der Waals surface area contributed by atoms with Crippen molar-refractivity contribution in [2.45, 2.75) is 13.8 Å². The number of ether oxygens (including phenoxy) is 1. The Bertz CT molecular complexity index is 801. The second-order valence-electron chi connectivity index (χ2n) is 5.22. The van der Waals surface area contributed by atoms with E-state index in [-0.39, 0.29) is 11.4 Å². The number of benzene rings is 2. The summed E-state index contributed by atoms with van der Waals surface area (Å²) in [6.45, 7) is 2.94. The van der Waals surface area contributed by atoms with Crippen molar-refractivity contribution in [2.75, 3.05) is 11.9 Å². The van der Waals surface area contributed by atoms with Gasteiger partial charge in [0.25, 0.3) is 11.6 Å². The zero-order valence-corrected chi connectivity index (χ0v) is 13.2. The summed E-state index contributed by atoms with van der Waals surface area (Å²) in [4.78, 5) is 34.2. The summed E-state index contributed by atoms with van der Waals surface area (Å²) in [5.41, 5.74) is 1.64. The molecule has 7 nitrogen and oxygen atoms in total. The Hall–Kier alpha value is -3.22. The number of nitrogens with one attached hydrogen (secondary N) is 1. The highest BCUT2D eigenvalue weighted by Crippen LogP contribution is 2.25. The van der Waals surface area contributed by atoms with Crippen molar-refractivity contribution in [3.63, 3.8) is 0 Å². The maximum absolute atomic E-state index is 11.9. The van der Waals surface area contributed by atoms with Crippen LogP contribution in [0.1, 0.15) is 21.5 Å². The summed E-state index contributed by atoms with van der Waals surface area (Å²) in [5, 5.41) is 13.4. The normalized spacial score (nSPS) is 10.1. The average molecular weight is 328 g/mol. The topological polar surface area (TPSA) is 98.5 Å². The summed E-state index contributed by atoms with van der Waals surface area (Å²) in [6.07, 6.45) is 0. The summed E-state index contributed by atoms with van der Waals surface area (Å²) >= 11 is 0. The number of nitro benzene ring substituents is 1. The van der Waals surface area contributed by atoms with E-state index >= 15 is 0 Å². The van der Waals surface area contributed by atoms with E-state index in [1.54, 1.807) is 44.2 Å². The van der Waals surface area contributed by atoms with Crippen LogP contribution in [0.4, 0.5) is 11.4 Å². The lowest BCUT2D eigenvalue weighted by Crippen LogP contribution is -2.21. The molecule has 1 amide bonds. The van der Waals surface area contributed by atoms with Crippen molar-refractivity contribution in [2.24, 2.45) is 0 Å². The molecule has 2 rings (SSSR count). The Balaban J connectivity index is 2.01. The summed E-state index contributed by atoms with van der Waals surface area (Å²) in [5.74, 6) is -1.27. The van der Waals surface area contributed by atoms with E-state index < -0.39 is 23.4 Å². The fourth-order valence-electron chi connectivity index (χ4n) is 2.10. The van der Waals surface area contributed by atoms with Crippen LogP contribution in [0.3, 0.4) is 0 Å². The standard InChI is InChI=1S/C17H16N2O5/c1-11-7-8-14(15(9-11)19(22)23)18-16(20)10-24-17(21)13-6-4-3-5-12(13)2/h3-9H,10H2,1-2H3,(H,18,20). The highest BCUT2D eigenvalue weighted by Gasteiger charge is 2.17. The van der Waals surface area contributed by atoms with Gasteiger partial charge >= 0.3 is 5.97 Å². The molecule has 0 saturated heterocycles. The molecule has 0 unspecified atom stereocenters. The van der Waals surface area contributed by atoms with Gasteiger partial charge in [0.2, 0.25) is 0 Å². The summed E-state index contributed by atoms with van der Waals surface area (Å²) < 4.78 is 4.95. The number of carbonyl (C=O) groups excluding carboxylic acids is 2. The summed E-state index contributed by atoms with van der Waals surface area (Å²) in [6, 6.07) is 11.3. The van der Waals surface area contributed by atoms with Gasteiger partial charge in [-0.05, 0) is 37.1 Å². The number of hydrogen-bond acceptors (Lipinski definition) is 5. The number of nitrogens with zero attached hydrogens (tertiary/aromatic N) is 1.